The molecule has 2 amide bonds. The normalized spacial score (nSPS) is 13.4. The number of thiophene rings is 1. The molecule has 0 aliphatic carbocycles. The lowest BCUT2D eigenvalue weighted by molar-refractivity contribution is -0.123. The van der Waals surface area contributed by atoms with Crippen molar-refractivity contribution in [3.8, 4) is 0 Å². The van der Waals surface area contributed by atoms with Crippen molar-refractivity contribution in [3.05, 3.63) is 40.8 Å². The van der Waals surface area contributed by atoms with Crippen LogP contribution < -0.4 is 10.6 Å². The molecule has 2 N–H and O–H groups in total. The van der Waals surface area contributed by atoms with E-state index < -0.39 is 0 Å². The maximum absolute atomic E-state index is 12.2. The number of carbonyl (C=O) groups is 2. The molecule has 2 rings (SSSR count). The van der Waals surface area contributed by atoms with Crippen LogP contribution in [0.25, 0.3) is 0 Å². The zero-order valence-electron chi connectivity index (χ0n) is 12.7. The molecule has 0 aliphatic rings. The first-order chi connectivity index (χ1) is 10.5. The lowest BCUT2D eigenvalue weighted by Gasteiger charge is -2.19. The second kappa shape index (κ2) is 7.74. The van der Waals surface area contributed by atoms with Crippen LogP contribution in [0.15, 0.2) is 36.0 Å². The van der Waals surface area contributed by atoms with Gasteiger partial charge in [0.05, 0.1) is 19.0 Å². The third-order valence-corrected chi connectivity index (χ3v) is 4.07. The molecular weight excluding hydrogens is 300 g/mol. The Morgan fingerprint density at radius 1 is 1.36 bits per heavy atom. The van der Waals surface area contributed by atoms with Crippen LogP contribution in [0.2, 0.25) is 0 Å². The molecule has 2 aromatic heterocycles. The van der Waals surface area contributed by atoms with Crippen molar-refractivity contribution < 1.29 is 9.59 Å². The zero-order valence-corrected chi connectivity index (χ0v) is 13.5. The van der Waals surface area contributed by atoms with Crippen molar-refractivity contribution in [2.45, 2.75) is 38.9 Å². The number of rotatable bonds is 7. The molecule has 7 heteroatoms. The van der Waals surface area contributed by atoms with Gasteiger partial charge in [0.15, 0.2) is 0 Å². The average Bonchev–Trinajstić information content (AvgIpc) is 3.09. The molecule has 6 nitrogen and oxygen atoms in total. The number of nitrogens with one attached hydrogen (secondary N) is 2. The van der Waals surface area contributed by atoms with Gasteiger partial charge in [-0.1, -0.05) is 6.07 Å². The van der Waals surface area contributed by atoms with Crippen LogP contribution in [-0.2, 0) is 16.1 Å². The third kappa shape index (κ3) is 5.00. The summed E-state index contributed by atoms with van der Waals surface area (Å²) in [5.41, 5.74) is 0. The number of carbonyl (C=O) groups excluding carboxylic acids is 2. The van der Waals surface area contributed by atoms with Crippen LogP contribution in [0.5, 0.6) is 0 Å². The van der Waals surface area contributed by atoms with Crippen LogP contribution in [0.3, 0.4) is 0 Å². The minimum Gasteiger partial charge on any atom is -0.352 e. The lowest BCUT2D eigenvalue weighted by Crippen LogP contribution is -2.38. The highest BCUT2D eigenvalue weighted by molar-refractivity contribution is 7.10. The topological polar surface area (TPSA) is 76.0 Å². The fourth-order valence-electron chi connectivity index (χ4n) is 2.21. The van der Waals surface area contributed by atoms with E-state index in [1.165, 1.54) is 18.3 Å². The monoisotopic (exact) mass is 320 g/mol. The zero-order chi connectivity index (χ0) is 15.9. The molecule has 0 saturated heterocycles. The number of nitrogens with zero attached hydrogens (tertiary/aromatic N) is 2. The summed E-state index contributed by atoms with van der Waals surface area (Å²) in [6.07, 6.45) is 3.79. The Bertz CT molecular complexity index is 595. The molecule has 0 aromatic carbocycles. The smallest absolute Gasteiger partial charge is 0.222 e. The third-order valence-electron chi connectivity index (χ3n) is 3.08. The first-order valence-electron chi connectivity index (χ1n) is 7.12. The van der Waals surface area contributed by atoms with E-state index in [2.05, 4.69) is 15.7 Å². The molecule has 22 heavy (non-hydrogen) atoms. The molecule has 0 aliphatic heterocycles. The summed E-state index contributed by atoms with van der Waals surface area (Å²) in [6.45, 7) is 4.00. The largest absolute Gasteiger partial charge is 0.352 e. The second-order valence-electron chi connectivity index (χ2n) is 5.17. The SMILES string of the molecule is CC(=O)N[C@@H](CC(=O)N[C@H](C)Cn1cccn1)c1cccs1. The molecule has 0 unspecified atom stereocenters. The first-order valence-corrected chi connectivity index (χ1v) is 8.00. The number of aromatic nitrogens is 2. The van der Waals surface area contributed by atoms with Gasteiger partial charge in [-0.2, -0.15) is 5.10 Å². The van der Waals surface area contributed by atoms with E-state index >= 15 is 0 Å². The fourth-order valence-corrected chi connectivity index (χ4v) is 2.99. The van der Waals surface area contributed by atoms with Crippen molar-refractivity contribution in [1.29, 1.82) is 0 Å². The standard InChI is InChI=1S/C15H20N4O2S/c1-11(10-19-7-4-6-16-19)17-15(21)9-13(18-12(2)20)14-5-3-8-22-14/h3-8,11,13H,9-10H2,1-2H3,(H,17,21)(H,18,20)/t11-,13+/m1/s1. The molecular formula is C15H20N4O2S. The Labute approximate surface area is 133 Å². The van der Waals surface area contributed by atoms with Gasteiger partial charge in [0, 0.05) is 30.2 Å². The maximum Gasteiger partial charge on any atom is 0.222 e. The molecule has 118 valence electrons. The van der Waals surface area contributed by atoms with Gasteiger partial charge < -0.3 is 10.6 Å². The van der Waals surface area contributed by atoms with Crippen LogP contribution in [0.4, 0.5) is 0 Å². The maximum atomic E-state index is 12.2. The van der Waals surface area contributed by atoms with Crippen LogP contribution in [0.1, 0.15) is 31.2 Å². The molecule has 2 aromatic rings. The van der Waals surface area contributed by atoms with Gasteiger partial charge in [-0.25, -0.2) is 0 Å². The number of amides is 2. The van der Waals surface area contributed by atoms with Crippen LogP contribution in [0, 0.1) is 0 Å². The van der Waals surface area contributed by atoms with E-state index in [0.29, 0.717) is 6.54 Å². The summed E-state index contributed by atoms with van der Waals surface area (Å²) < 4.78 is 1.77. The van der Waals surface area contributed by atoms with Crippen molar-refractivity contribution >= 4 is 23.2 Å². The Morgan fingerprint density at radius 3 is 2.77 bits per heavy atom. The molecule has 2 heterocycles. The summed E-state index contributed by atoms with van der Waals surface area (Å²) in [5.74, 6) is -0.234. The van der Waals surface area contributed by atoms with Crippen LogP contribution in [-0.4, -0.2) is 27.6 Å². The van der Waals surface area contributed by atoms with Crippen molar-refractivity contribution in [3.63, 3.8) is 0 Å². The Balaban J connectivity index is 1.89. The van der Waals surface area contributed by atoms with E-state index in [1.54, 1.807) is 10.9 Å². The predicted molar refractivity (Wildman–Crippen MR) is 85.3 cm³/mol. The Hall–Kier alpha value is -2.15. The number of hydrogen-bond donors (Lipinski definition) is 2. The summed E-state index contributed by atoms with van der Waals surface area (Å²) in [7, 11) is 0. The van der Waals surface area contributed by atoms with E-state index in [-0.39, 0.29) is 30.3 Å². The fraction of sp³-hybridized carbons (Fsp3) is 0.400. The van der Waals surface area contributed by atoms with Gasteiger partial charge in [-0.3, -0.25) is 14.3 Å². The van der Waals surface area contributed by atoms with Gasteiger partial charge >= 0.3 is 0 Å². The van der Waals surface area contributed by atoms with Crippen molar-refractivity contribution in [2.75, 3.05) is 0 Å². The highest BCUT2D eigenvalue weighted by Crippen LogP contribution is 2.22. The summed E-state index contributed by atoms with van der Waals surface area (Å²) in [6, 6.07) is 5.36. The van der Waals surface area contributed by atoms with E-state index in [9.17, 15) is 9.59 Å². The predicted octanol–water partition coefficient (Wildman–Crippen LogP) is 1.72. The second-order valence-corrected chi connectivity index (χ2v) is 6.15. The van der Waals surface area contributed by atoms with Gasteiger partial charge in [-0.05, 0) is 24.4 Å². The molecule has 0 fully saturated rings. The molecule has 2 atom stereocenters. The van der Waals surface area contributed by atoms with Crippen LogP contribution >= 0.6 is 11.3 Å². The van der Waals surface area contributed by atoms with Gasteiger partial charge in [-0.15, -0.1) is 11.3 Å². The lowest BCUT2D eigenvalue weighted by atomic mass is 10.1. The Morgan fingerprint density at radius 2 is 2.18 bits per heavy atom. The minimum absolute atomic E-state index is 0.0336. The van der Waals surface area contributed by atoms with Gasteiger partial charge in [0.1, 0.15) is 0 Å². The van der Waals surface area contributed by atoms with E-state index in [0.717, 1.165) is 4.88 Å². The Kier molecular flexibility index (Phi) is 5.71. The molecule has 0 spiro atoms. The summed E-state index contributed by atoms with van der Waals surface area (Å²) >= 11 is 1.53. The minimum atomic E-state index is -0.283. The van der Waals surface area contributed by atoms with Gasteiger partial charge in [0.2, 0.25) is 11.8 Å². The summed E-state index contributed by atoms with van der Waals surface area (Å²) in [4.78, 5) is 24.5. The first kappa shape index (κ1) is 16.2. The highest BCUT2D eigenvalue weighted by atomic mass is 32.1. The number of hydrogen-bond acceptors (Lipinski definition) is 4. The van der Waals surface area contributed by atoms with Crippen molar-refractivity contribution in [2.24, 2.45) is 0 Å². The van der Waals surface area contributed by atoms with E-state index in [1.807, 2.05) is 36.7 Å². The van der Waals surface area contributed by atoms with Crippen molar-refractivity contribution in [1.82, 2.24) is 20.4 Å². The molecule has 0 radical (unpaired) electrons. The average molecular weight is 320 g/mol. The summed E-state index contributed by atoms with van der Waals surface area (Å²) in [5, 5.41) is 11.8. The van der Waals surface area contributed by atoms with E-state index in [4.69, 9.17) is 0 Å². The highest BCUT2D eigenvalue weighted by Gasteiger charge is 2.19. The quantitative estimate of drug-likeness (QED) is 0.815. The van der Waals surface area contributed by atoms with Gasteiger partial charge in [0.25, 0.3) is 0 Å². The molecule has 0 saturated carbocycles. The molecule has 0 bridgehead atoms.